The molecule has 2 atom stereocenters. The van der Waals surface area contributed by atoms with E-state index in [-0.39, 0.29) is 30.2 Å². The lowest BCUT2D eigenvalue weighted by molar-refractivity contribution is -0.129. The Kier molecular flexibility index (Phi) is 5.43. The zero-order valence-corrected chi connectivity index (χ0v) is 14.8. The Balaban J connectivity index is 1.60. The number of likely N-dealkylation sites (tertiary alicyclic amines) is 1. The topological polar surface area (TPSA) is 62.6 Å². The molecule has 25 heavy (non-hydrogen) atoms. The van der Waals surface area contributed by atoms with Crippen LogP contribution in [0.25, 0.3) is 0 Å². The van der Waals surface area contributed by atoms with E-state index in [1.54, 1.807) is 17.2 Å². The van der Waals surface area contributed by atoms with Crippen LogP contribution in [-0.4, -0.2) is 23.3 Å². The summed E-state index contributed by atoms with van der Waals surface area (Å²) in [6, 6.07) is 11.0. The monoisotopic (exact) mass is 360 g/mol. The maximum atomic E-state index is 12.6. The van der Waals surface area contributed by atoms with Crippen LogP contribution in [0.3, 0.4) is 0 Å². The molecule has 6 heteroatoms. The maximum Gasteiger partial charge on any atom is 0.225 e. The minimum atomic E-state index is -0.330. The molecule has 1 aliphatic rings. The largest absolute Gasteiger partial charge is 0.467 e. The molecule has 2 unspecified atom stereocenters. The van der Waals surface area contributed by atoms with Gasteiger partial charge in [-0.2, -0.15) is 0 Å². The van der Waals surface area contributed by atoms with E-state index in [1.165, 1.54) is 0 Å². The van der Waals surface area contributed by atoms with Crippen LogP contribution in [0.2, 0.25) is 5.02 Å². The van der Waals surface area contributed by atoms with Crippen molar-refractivity contribution in [2.24, 2.45) is 5.92 Å². The maximum absolute atomic E-state index is 12.6. The van der Waals surface area contributed by atoms with E-state index in [4.69, 9.17) is 16.0 Å². The molecule has 0 spiro atoms. The molecule has 132 valence electrons. The second-order valence-electron chi connectivity index (χ2n) is 6.28. The van der Waals surface area contributed by atoms with Gasteiger partial charge in [0.2, 0.25) is 11.8 Å². The molecule has 0 aliphatic carbocycles. The van der Waals surface area contributed by atoms with Crippen LogP contribution < -0.4 is 5.32 Å². The number of nitrogens with one attached hydrogen (secondary N) is 1. The molecule has 1 aromatic carbocycles. The first-order valence-corrected chi connectivity index (χ1v) is 8.80. The van der Waals surface area contributed by atoms with E-state index in [1.807, 2.05) is 37.3 Å². The van der Waals surface area contributed by atoms with Gasteiger partial charge in [0.15, 0.2) is 0 Å². The number of carbonyl (C=O) groups excluding carboxylic acids is 2. The summed E-state index contributed by atoms with van der Waals surface area (Å²) in [5, 5.41) is 3.73. The van der Waals surface area contributed by atoms with Crippen molar-refractivity contribution in [3.05, 3.63) is 59.0 Å². The number of hydrogen-bond acceptors (Lipinski definition) is 3. The number of amides is 2. The average Bonchev–Trinajstić information content (AvgIpc) is 3.24. The van der Waals surface area contributed by atoms with Crippen LogP contribution >= 0.6 is 11.6 Å². The Morgan fingerprint density at radius 1 is 1.36 bits per heavy atom. The summed E-state index contributed by atoms with van der Waals surface area (Å²) >= 11 is 5.92. The third-order valence-electron chi connectivity index (χ3n) is 4.51. The molecule has 1 fully saturated rings. The number of furan rings is 1. The van der Waals surface area contributed by atoms with Crippen molar-refractivity contribution in [1.29, 1.82) is 0 Å². The van der Waals surface area contributed by atoms with Crippen molar-refractivity contribution in [2.45, 2.75) is 32.4 Å². The predicted molar refractivity (Wildman–Crippen MR) is 94.9 cm³/mol. The summed E-state index contributed by atoms with van der Waals surface area (Å²) in [4.78, 5) is 26.4. The van der Waals surface area contributed by atoms with Gasteiger partial charge in [-0.1, -0.05) is 30.7 Å². The minimum Gasteiger partial charge on any atom is -0.467 e. The van der Waals surface area contributed by atoms with Gasteiger partial charge in [-0.3, -0.25) is 9.59 Å². The third kappa shape index (κ3) is 4.23. The SMILES string of the molecule is CCC(NC(=O)C1CC(=O)N(Cc2ccco2)C1)c1ccc(Cl)cc1. The molecule has 1 aliphatic heterocycles. The van der Waals surface area contributed by atoms with Crippen LogP contribution in [0.5, 0.6) is 0 Å². The highest BCUT2D eigenvalue weighted by Gasteiger charge is 2.35. The van der Waals surface area contributed by atoms with Crippen molar-refractivity contribution >= 4 is 23.4 Å². The highest BCUT2D eigenvalue weighted by molar-refractivity contribution is 6.30. The van der Waals surface area contributed by atoms with Crippen LogP contribution in [0, 0.1) is 5.92 Å². The Morgan fingerprint density at radius 3 is 2.76 bits per heavy atom. The molecular formula is C19H21ClN2O3. The molecule has 0 saturated carbocycles. The molecule has 2 amide bonds. The lowest BCUT2D eigenvalue weighted by Gasteiger charge is -2.20. The Bertz CT molecular complexity index is 728. The summed E-state index contributed by atoms with van der Waals surface area (Å²) < 4.78 is 5.28. The van der Waals surface area contributed by atoms with E-state index in [2.05, 4.69) is 5.32 Å². The Morgan fingerprint density at radius 2 is 2.12 bits per heavy atom. The van der Waals surface area contributed by atoms with E-state index in [0.29, 0.717) is 18.1 Å². The lowest BCUT2D eigenvalue weighted by Crippen LogP contribution is -2.35. The lowest BCUT2D eigenvalue weighted by atomic mass is 10.0. The first-order valence-electron chi connectivity index (χ1n) is 8.42. The Labute approximate surface area is 151 Å². The normalized spacial score (nSPS) is 18.4. The smallest absolute Gasteiger partial charge is 0.225 e. The van der Waals surface area contributed by atoms with Gasteiger partial charge in [-0.25, -0.2) is 0 Å². The van der Waals surface area contributed by atoms with Crippen LogP contribution in [0.15, 0.2) is 47.1 Å². The van der Waals surface area contributed by atoms with Gasteiger partial charge in [0, 0.05) is 18.0 Å². The van der Waals surface area contributed by atoms with E-state index in [0.717, 1.165) is 17.7 Å². The summed E-state index contributed by atoms with van der Waals surface area (Å²) in [6.07, 6.45) is 2.59. The minimum absolute atomic E-state index is 0.0175. The number of carbonyl (C=O) groups is 2. The fourth-order valence-corrected chi connectivity index (χ4v) is 3.22. The van der Waals surface area contributed by atoms with Gasteiger partial charge in [-0.05, 0) is 36.2 Å². The number of rotatable bonds is 6. The standard InChI is InChI=1S/C19H21ClN2O3/c1-2-17(13-5-7-15(20)8-6-13)21-19(24)14-10-18(23)22(11-14)12-16-4-3-9-25-16/h3-9,14,17H,2,10-12H2,1H3,(H,21,24). The van der Waals surface area contributed by atoms with Crippen LogP contribution in [0.4, 0.5) is 0 Å². The van der Waals surface area contributed by atoms with Crippen LogP contribution in [0.1, 0.15) is 37.1 Å². The van der Waals surface area contributed by atoms with Crippen molar-refractivity contribution in [3.8, 4) is 0 Å². The van der Waals surface area contributed by atoms with Crippen molar-refractivity contribution in [2.75, 3.05) is 6.54 Å². The predicted octanol–water partition coefficient (Wildman–Crippen LogP) is 3.55. The quantitative estimate of drug-likeness (QED) is 0.856. The van der Waals surface area contributed by atoms with Gasteiger partial charge in [-0.15, -0.1) is 0 Å². The molecule has 2 aromatic rings. The van der Waals surface area contributed by atoms with Gasteiger partial charge < -0.3 is 14.6 Å². The fraction of sp³-hybridized carbons (Fsp3) is 0.368. The average molecular weight is 361 g/mol. The molecule has 1 aromatic heterocycles. The molecule has 3 rings (SSSR count). The summed E-state index contributed by atoms with van der Waals surface area (Å²) in [5.74, 6) is 0.291. The molecule has 1 saturated heterocycles. The van der Waals surface area contributed by atoms with Gasteiger partial charge in [0.1, 0.15) is 5.76 Å². The van der Waals surface area contributed by atoms with E-state index in [9.17, 15) is 9.59 Å². The summed E-state index contributed by atoms with van der Waals surface area (Å²) in [6.45, 7) is 2.84. The Hall–Kier alpha value is -2.27. The summed E-state index contributed by atoms with van der Waals surface area (Å²) in [5.41, 5.74) is 1.01. The van der Waals surface area contributed by atoms with Gasteiger partial charge >= 0.3 is 0 Å². The zero-order chi connectivity index (χ0) is 17.8. The number of benzene rings is 1. The highest BCUT2D eigenvalue weighted by atomic mass is 35.5. The molecule has 2 heterocycles. The molecular weight excluding hydrogens is 340 g/mol. The number of halogens is 1. The van der Waals surface area contributed by atoms with E-state index < -0.39 is 0 Å². The molecule has 1 N–H and O–H groups in total. The molecule has 0 bridgehead atoms. The zero-order valence-electron chi connectivity index (χ0n) is 14.1. The van der Waals surface area contributed by atoms with Gasteiger partial charge in [0.05, 0.1) is 24.8 Å². The number of hydrogen-bond donors (Lipinski definition) is 1. The van der Waals surface area contributed by atoms with Crippen molar-refractivity contribution in [3.63, 3.8) is 0 Å². The first kappa shape index (κ1) is 17.5. The van der Waals surface area contributed by atoms with Crippen molar-refractivity contribution < 1.29 is 14.0 Å². The molecule has 5 nitrogen and oxygen atoms in total. The number of nitrogens with zero attached hydrogens (tertiary/aromatic N) is 1. The fourth-order valence-electron chi connectivity index (χ4n) is 3.10. The van der Waals surface area contributed by atoms with E-state index >= 15 is 0 Å². The highest BCUT2D eigenvalue weighted by Crippen LogP contribution is 2.24. The first-order chi connectivity index (χ1) is 12.1. The van der Waals surface area contributed by atoms with Crippen LogP contribution in [-0.2, 0) is 16.1 Å². The second kappa shape index (κ2) is 7.74. The summed E-state index contributed by atoms with van der Waals surface area (Å²) in [7, 11) is 0. The second-order valence-corrected chi connectivity index (χ2v) is 6.71. The van der Waals surface area contributed by atoms with Gasteiger partial charge in [0.25, 0.3) is 0 Å². The molecule has 0 radical (unpaired) electrons. The third-order valence-corrected chi connectivity index (χ3v) is 4.76. The van der Waals surface area contributed by atoms with Crippen molar-refractivity contribution in [1.82, 2.24) is 10.2 Å².